The van der Waals surface area contributed by atoms with Crippen LogP contribution in [0.4, 0.5) is 24.7 Å². The molecule has 0 saturated carbocycles. The molecule has 2 aromatic carbocycles. The van der Waals surface area contributed by atoms with Crippen LogP contribution in [0.1, 0.15) is 29.3 Å². The zero-order valence-corrected chi connectivity index (χ0v) is 18.7. The first-order valence-corrected chi connectivity index (χ1v) is 11.2. The van der Waals surface area contributed by atoms with Crippen LogP contribution in [0.25, 0.3) is 10.8 Å². The van der Waals surface area contributed by atoms with Crippen LogP contribution in [0, 0.1) is 6.92 Å². The Hall–Kier alpha value is -2.95. The molecule has 1 spiro atoms. The minimum Gasteiger partial charge on any atom is -0.378 e. The maximum absolute atomic E-state index is 13.4. The van der Waals surface area contributed by atoms with Gasteiger partial charge in [0.25, 0.3) is 0 Å². The quantitative estimate of drug-likeness (QED) is 0.554. The fourth-order valence-electron chi connectivity index (χ4n) is 4.78. The fourth-order valence-corrected chi connectivity index (χ4v) is 4.78. The molecule has 34 heavy (non-hydrogen) atoms. The van der Waals surface area contributed by atoms with Gasteiger partial charge in [0, 0.05) is 42.6 Å². The average Bonchev–Trinajstić information content (AvgIpc) is 3.25. The second-order valence-electron chi connectivity index (χ2n) is 8.86. The molecule has 5 rings (SSSR count). The fraction of sp³-hybridized carbons (Fsp3) is 0.417. The van der Waals surface area contributed by atoms with E-state index < -0.39 is 17.9 Å². The summed E-state index contributed by atoms with van der Waals surface area (Å²) in [6.07, 6.45) is -2.83. The molecule has 2 aliphatic rings. The van der Waals surface area contributed by atoms with Gasteiger partial charge in [0.05, 0.1) is 25.0 Å². The Bertz CT molecular complexity index is 1200. The second-order valence-corrected chi connectivity index (χ2v) is 8.86. The molecule has 0 radical (unpaired) electrons. The highest BCUT2D eigenvalue weighted by atomic mass is 19.4. The highest BCUT2D eigenvalue weighted by Crippen LogP contribution is 2.36. The Morgan fingerprint density at radius 1 is 1.21 bits per heavy atom. The number of rotatable bonds is 4. The largest absolute Gasteiger partial charge is 0.416 e. The normalized spacial score (nSPS) is 21.9. The molecule has 7 nitrogen and oxygen atoms in total. The molecular weight excluding hydrogens is 447 g/mol. The number of nitrogens with one attached hydrogen (secondary N) is 1. The standard InChI is InChI=1S/C24H26F3N5O2/c1-15-18(3-2-4-20(15)24(25,26)27)21(28)30-22-19-11-17(6-5-16(19)12-29-31-22)32-8-10-34-23(13-32)7-9-33-14-23/h2-6,11-12,21H,7-10,13-14,28H2,1H3,(H,30,31)/t21-,23?/m0/s1. The monoisotopic (exact) mass is 473 g/mol. The Balaban J connectivity index is 1.44. The Labute approximate surface area is 195 Å². The van der Waals surface area contributed by atoms with E-state index in [9.17, 15) is 13.2 Å². The van der Waals surface area contributed by atoms with Crippen molar-refractivity contribution >= 4 is 22.3 Å². The van der Waals surface area contributed by atoms with Gasteiger partial charge >= 0.3 is 6.18 Å². The second kappa shape index (κ2) is 8.68. The van der Waals surface area contributed by atoms with E-state index in [1.165, 1.54) is 13.0 Å². The highest BCUT2D eigenvalue weighted by molar-refractivity contribution is 5.93. The number of hydrogen-bond donors (Lipinski definition) is 2. The number of nitrogens with two attached hydrogens (primary N) is 1. The molecule has 2 saturated heterocycles. The van der Waals surface area contributed by atoms with Crippen LogP contribution in [0.5, 0.6) is 0 Å². The smallest absolute Gasteiger partial charge is 0.378 e. The molecule has 1 unspecified atom stereocenters. The summed E-state index contributed by atoms with van der Waals surface area (Å²) in [6, 6.07) is 9.99. The Morgan fingerprint density at radius 2 is 2.06 bits per heavy atom. The third-order valence-corrected chi connectivity index (χ3v) is 6.64. The van der Waals surface area contributed by atoms with Crippen LogP contribution in [0.3, 0.4) is 0 Å². The number of ether oxygens (including phenoxy) is 2. The number of hydrogen-bond acceptors (Lipinski definition) is 7. The Morgan fingerprint density at radius 3 is 2.82 bits per heavy atom. The molecule has 0 amide bonds. The van der Waals surface area contributed by atoms with E-state index in [1.807, 2.05) is 18.2 Å². The highest BCUT2D eigenvalue weighted by Gasteiger charge is 2.40. The van der Waals surface area contributed by atoms with Gasteiger partial charge in [0.15, 0.2) is 5.82 Å². The molecule has 1 aromatic heterocycles. The van der Waals surface area contributed by atoms with Gasteiger partial charge in [0.2, 0.25) is 0 Å². The average molecular weight is 473 g/mol. The Kier molecular flexibility index (Phi) is 5.83. The van der Waals surface area contributed by atoms with E-state index in [0.29, 0.717) is 31.2 Å². The number of morpholine rings is 1. The molecule has 3 heterocycles. The third kappa shape index (κ3) is 4.28. The molecule has 2 atom stereocenters. The van der Waals surface area contributed by atoms with E-state index in [-0.39, 0.29) is 11.2 Å². The van der Waals surface area contributed by atoms with Crippen molar-refractivity contribution in [2.24, 2.45) is 5.73 Å². The van der Waals surface area contributed by atoms with Gasteiger partial charge in [-0.2, -0.15) is 18.3 Å². The van der Waals surface area contributed by atoms with Crippen molar-refractivity contribution in [1.29, 1.82) is 0 Å². The van der Waals surface area contributed by atoms with Gasteiger partial charge in [-0.25, -0.2) is 0 Å². The summed E-state index contributed by atoms with van der Waals surface area (Å²) >= 11 is 0. The van der Waals surface area contributed by atoms with E-state index in [4.69, 9.17) is 15.2 Å². The minimum absolute atomic E-state index is 0.0845. The third-order valence-electron chi connectivity index (χ3n) is 6.64. The number of benzene rings is 2. The summed E-state index contributed by atoms with van der Waals surface area (Å²) in [4.78, 5) is 2.26. The van der Waals surface area contributed by atoms with Gasteiger partial charge in [-0.1, -0.05) is 18.2 Å². The zero-order valence-electron chi connectivity index (χ0n) is 18.7. The molecule has 2 fully saturated rings. The van der Waals surface area contributed by atoms with Crippen LogP contribution in [0.15, 0.2) is 42.6 Å². The number of nitrogens with zero attached hydrogens (tertiary/aromatic N) is 3. The predicted molar refractivity (Wildman–Crippen MR) is 123 cm³/mol. The number of anilines is 2. The summed E-state index contributed by atoms with van der Waals surface area (Å²) in [7, 11) is 0. The summed E-state index contributed by atoms with van der Waals surface area (Å²) < 4.78 is 51.7. The van der Waals surface area contributed by atoms with Gasteiger partial charge in [-0.05, 0) is 36.2 Å². The topological polar surface area (TPSA) is 85.5 Å². The van der Waals surface area contributed by atoms with E-state index in [1.54, 1.807) is 12.3 Å². The minimum atomic E-state index is -4.45. The number of aromatic nitrogens is 2. The van der Waals surface area contributed by atoms with Crippen molar-refractivity contribution in [3.63, 3.8) is 0 Å². The van der Waals surface area contributed by atoms with Crippen LogP contribution in [0.2, 0.25) is 0 Å². The lowest BCUT2D eigenvalue weighted by atomic mass is 9.99. The van der Waals surface area contributed by atoms with Crippen molar-refractivity contribution < 1.29 is 22.6 Å². The lowest BCUT2D eigenvalue weighted by molar-refractivity contribution is -0.138. The van der Waals surface area contributed by atoms with Gasteiger partial charge in [-0.3, -0.25) is 0 Å². The SMILES string of the molecule is Cc1c([C@@H](N)Nc2nncc3ccc(N4CCOC5(CCOC5)C4)cc23)cccc1C(F)(F)F. The molecular formula is C24H26F3N5O2. The number of halogens is 3. The summed E-state index contributed by atoms with van der Waals surface area (Å²) in [5.74, 6) is 0.413. The van der Waals surface area contributed by atoms with Crippen molar-refractivity contribution in [2.75, 3.05) is 43.1 Å². The van der Waals surface area contributed by atoms with Gasteiger partial charge < -0.3 is 25.4 Å². The van der Waals surface area contributed by atoms with Crippen molar-refractivity contribution in [3.05, 3.63) is 59.3 Å². The van der Waals surface area contributed by atoms with Crippen molar-refractivity contribution in [1.82, 2.24) is 10.2 Å². The van der Waals surface area contributed by atoms with Gasteiger partial charge in [-0.15, -0.1) is 5.10 Å². The van der Waals surface area contributed by atoms with Crippen molar-refractivity contribution in [3.8, 4) is 0 Å². The summed E-state index contributed by atoms with van der Waals surface area (Å²) in [6.45, 7) is 4.79. The maximum Gasteiger partial charge on any atom is 0.416 e. The van der Waals surface area contributed by atoms with E-state index in [0.717, 1.165) is 42.0 Å². The molecule has 10 heteroatoms. The number of fused-ring (bicyclic) bond motifs is 1. The van der Waals surface area contributed by atoms with Crippen molar-refractivity contribution in [2.45, 2.75) is 31.3 Å². The zero-order chi connectivity index (χ0) is 23.9. The van der Waals surface area contributed by atoms with Crippen LogP contribution < -0.4 is 16.0 Å². The molecule has 180 valence electrons. The van der Waals surface area contributed by atoms with Crippen LogP contribution in [-0.4, -0.2) is 48.7 Å². The van der Waals surface area contributed by atoms with E-state index >= 15 is 0 Å². The maximum atomic E-state index is 13.4. The molecule has 0 aliphatic carbocycles. The lowest BCUT2D eigenvalue weighted by Gasteiger charge is -2.40. The van der Waals surface area contributed by atoms with Gasteiger partial charge in [0.1, 0.15) is 11.8 Å². The predicted octanol–water partition coefficient (Wildman–Crippen LogP) is 4.02. The molecule has 3 N–H and O–H groups in total. The molecule has 2 aliphatic heterocycles. The number of alkyl halides is 3. The summed E-state index contributed by atoms with van der Waals surface area (Å²) in [5, 5.41) is 13.0. The van der Waals surface area contributed by atoms with Crippen LogP contribution in [-0.2, 0) is 15.7 Å². The summed E-state index contributed by atoms with van der Waals surface area (Å²) in [5.41, 5.74) is 6.75. The first-order valence-electron chi connectivity index (χ1n) is 11.2. The van der Waals surface area contributed by atoms with Crippen LogP contribution >= 0.6 is 0 Å². The first-order chi connectivity index (χ1) is 16.3. The molecule has 0 bridgehead atoms. The molecule has 3 aromatic rings. The van der Waals surface area contributed by atoms with E-state index in [2.05, 4.69) is 20.4 Å². The first kappa shape index (κ1) is 22.8. The lowest BCUT2D eigenvalue weighted by Crippen LogP contribution is -2.52.